The van der Waals surface area contributed by atoms with E-state index in [0.717, 1.165) is 0 Å². The molecule has 2 aromatic rings. The molecule has 0 saturated carbocycles. The van der Waals surface area contributed by atoms with Crippen LogP contribution in [0.4, 0.5) is 5.69 Å². The highest BCUT2D eigenvalue weighted by molar-refractivity contribution is 6.21. The Bertz CT molecular complexity index is 2080. The molecule has 5 bridgehead atoms. The van der Waals surface area contributed by atoms with Crippen LogP contribution in [-0.4, -0.2) is 118 Å². The summed E-state index contributed by atoms with van der Waals surface area (Å²) in [5.41, 5.74) is -0.0197. The van der Waals surface area contributed by atoms with Crippen LogP contribution in [0, 0.1) is 30.6 Å². The smallest absolute Gasteiger partial charge is 0.312 e. The number of carbonyl (C=O) groups excluding carboxylic acids is 4. The third kappa shape index (κ3) is 10.2. The highest BCUT2D eigenvalue weighted by Gasteiger charge is 2.50. The van der Waals surface area contributed by atoms with Crippen molar-refractivity contribution in [3.05, 3.63) is 53.3 Å². The molecule has 0 aromatic heterocycles. The van der Waals surface area contributed by atoms with Crippen LogP contribution in [-0.2, 0) is 28.6 Å². The summed E-state index contributed by atoms with van der Waals surface area (Å²) in [6.07, 6.45) is 4.27. The van der Waals surface area contributed by atoms with E-state index < -0.39 is 95.5 Å². The molecule has 0 saturated heterocycles. The Hall–Kier alpha value is -5.16. The van der Waals surface area contributed by atoms with Gasteiger partial charge in [0.1, 0.15) is 23.4 Å². The average molecular weight is 868 g/mol. The summed E-state index contributed by atoms with van der Waals surface area (Å²) in [7, 11) is 1.44. The van der Waals surface area contributed by atoms with Crippen molar-refractivity contribution in [2.24, 2.45) is 23.7 Å². The lowest BCUT2D eigenvalue weighted by Gasteiger charge is -2.38. The number of anilines is 1. The molecule has 0 spiro atoms. The van der Waals surface area contributed by atoms with Crippen molar-refractivity contribution in [1.82, 2.24) is 10.0 Å². The number of amides is 2. The summed E-state index contributed by atoms with van der Waals surface area (Å²) < 4.78 is 30.0. The Morgan fingerprint density at radius 1 is 0.935 bits per heavy atom. The summed E-state index contributed by atoms with van der Waals surface area (Å²) in [5.74, 6) is -8.09. The Labute approximate surface area is 364 Å². The number of aliphatic hydroxyl groups is 2. The van der Waals surface area contributed by atoms with Crippen LogP contribution >= 0.6 is 0 Å². The van der Waals surface area contributed by atoms with Crippen molar-refractivity contribution < 1.29 is 63.3 Å². The van der Waals surface area contributed by atoms with Crippen LogP contribution in [0.3, 0.4) is 0 Å². The molecule has 0 radical (unpaired) electrons. The highest BCUT2D eigenvalue weighted by Crippen LogP contribution is 2.54. The third-order valence-electron chi connectivity index (χ3n) is 12.0. The van der Waals surface area contributed by atoms with Crippen LogP contribution < -0.4 is 14.8 Å². The fourth-order valence-electron chi connectivity index (χ4n) is 8.16. The van der Waals surface area contributed by atoms with Crippen LogP contribution in [0.25, 0.3) is 10.8 Å². The zero-order valence-electron chi connectivity index (χ0n) is 38.0. The number of methoxy groups -OCH3 is 1. The average Bonchev–Trinajstić information content (AvgIpc) is 3.50. The Morgan fingerprint density at radius 2 is 1.60 bits per heavy atom. The number of esters is 1. The molecule has 5 rings (SSSR count). The van der Waals surface area contributed by atoms with E-state index in [-0.39, 0.29) is 44.7 Å². The van der Waals surface area contributed by atoms with E-state index in [1.807, 2.05) is 25.8 Å². The fourth-order valence-corrected chi connectivity index (χ4v) is 8.16. The fraction of sp³-hybridized carbons (Fsp3) is 0.565. The van der Waals surface area contributed by atoms with Gasteiger partial charge < -0.3 is 49.4 Å². The van der Waals surface area contributed by atoms with Gasteiger partial charge in [-0.15, -0.1) is 0 Å². The maximum atomic E-state index is 14.6. The number of fused-ring (bicyclic) bond motifs is 14. The SMILES string of the molecule is CCCN(C(=O)COc1cc2c(O)c3c(O)c(C)c4c(c13)C(=O)C(C)(OC=CC(OC)C(C)C(OC(C)=O)C(C)C(O)C(C)C(O)C(C)C=CC=C(C)C(=O)N2)O4)N(CC)CC. The lowest BCUT2D eigenvalue weighted by molar-refractivity contribution is -0.160. The minimum Gasteiger partial charge on any atom is -0.507 e. The Morgan fingerprint density at radius 3 is 2.19 bits per heavy atom. The zero-order valence-corrected chi connectivity index (χ0v) is 38.0. The van der Waals surface area contributed by atoms with Gasteiger partial charge in [-0.1, -0.05) is 66.7 Å². The molecule has 5 N–H and O–H groups in total. The van der Waals surface area contributed by atoms with Gasteiger partial charge in [-0.25, -0.2) is 5.01 Å². The Kier molecular flexibility index (Phi) is 16.6. The number of allylic oxidation sites excluding steroid dienone is 2. The van der Waals surface area contributed by atoms with E-state index in [9.17, 15) is 39.6 Å². The number of hydrazine groups is 1. The number of hydrogen-bond donors (Lipinski definition) is 5. The molecule has 0 aliphatic carbocycles. The molecule has 342 valence electrons. The van der Waals surface area contributed by atoms with Crippen LogP contribution in [0.1, 0.15) is 91.6 Å². The maximum absolute atomic E-state index is 14.6. The topological polar surface area (TPSA) is 214 Å². The highest BCUT2D eigenvalue weighted by atomic mass is 16.7. The van der Waals surface area contributed by atoms with Gasteiger partial charge >= 0.3 is 11.8 Å². The second kappa shape index (κ2) is 20.8. The summed E-state index contributed by atoms with van der Waals surface area (Å²) in [6, 6.07) is 1.28. The first-order valence-electron chi connectivity index (χ1n) is 21.2. The minimum absolute atomic E-state index is 0.0602. The number of phenols is 2. The maximum Gasteiger partial charge on any atom is 0.312 e. The van der Waals surface area contributed by atoms with Crippen LogP contribution in [0.2, 0.25) is 0 Å². The number of ketones is 1. The molecule has 62 heavy (non-hydrogen) atoms. The third-order valence-corrected chi connectivity index (χ3v) is 12.0. The van der Waals surface area contributed by atoms with E-state index in [1.54, 1.807) is 44.9 Å². The summed E-state index contributed by atoms with van der Waals surface area (Å²) in [4.78, 5) is 54.4. The van der Waals surface area contributed by atoms with Crippen LogP contribution in [0.15, 0.2) is 42.2 Å². The van der Waals surface area contributed by atoms with Gasteiger partial charge in [0.25, 0.3) is 17.6 Å². The Balaban J connectivity index is 1.94. The molecule has 9 atom stereocenters. The summed E-state index contributed by atoms with van der Waals surface area (Å²) in [5, 5.41) is 52.2. The van der Waals surface area contributed by atoms with Crippen LogP contribution in [0.5, 0.6) is 23.0 Å². The number of aromatic hydroxyl groups is 2. The predicted molar refractivity (Wildman–Crippen MR) is 233 cm³/mol. The van der Waals surface area contributed by atoms with E-state index in [2.05, 4.69) is 5.32 Å². The molecule has 3 aliphatic rings. The van der Waals surface area contributed by atoms with Crippen molar-refractivity contribution in [1.29, 1.82) is 0 Å². The van der Waals surface area contributed by atoms with Gasteiger partial charge in [0.05, 0.1) is 41.2 Å². The monoisotopic (exact) mass is 867 g/mol. The number of nitrogens with zero attached hydrogens (tertiary/aromatic N) is 2. The first-order valence-corrected chi connectivity index (χ1v) is 21.2. The van der Waals surface area contributed by atoms with Gasteiger partial charge in [-0.3, -0.25) is 24.2 Å². The molecule has 9 unspecified atom stereocenters. The number of nitrogens with one attached hydrogen (secondary N) is 1. The standard InChI is InChI=1S/C46H65N3O13/c1-13-20-49(48(14-2)15-3)34(51)23-59-33-22-31-41(55)36-35(33)37-43(29(9)40(36)54)62-46(11,44(37)56)60-21-19-32(58-12)26(6)42(61-30(10)50)28(8)39(53)27(7)38(52)24(4)17-16-18-25(5)45(57)47-31/h16-19,21-22,24,26-28,32,38-39,42,52-55H,13-15,20,23H2,1-12H3,(H,47,57). The molecule has 16 heteroatoms. The minimum atomic E-state index is -2.04. The lowest BCUT2D eigenvalue weighted by atomic mass is 9.78. The molecule has 2 amide bonds. The first-order chi connectivity index (χ1) is 29.2. The predicted octanol–water partition coefficient (Wildman–Crippen LogP) is 5.92. The van der Waals surface area contributed by atoms with Crippen molar-refractivity contribution in [3.8, 4) is 23.0 Å². The quantitative estimate of drug-likeness (QED) is 0.107. The van der Waals surface area contributed by atoms with Gasteiger partial charge in [0.15, 0.2) is 12.4 Å². The number of Topliss-reactive ketones (excluding diaryl/α,β-unsaturated/α-hetero) is 1. The molecular formula is C46H65N3O13. The van der Waals surface area contributed by atoms with Gasteiger partial charge in [0, 0.05) is 86.9 Å². The summed E-state index contributed by atoms with van der Waals surface area (Å²) in [6.45, 7) is 19.4. The van der Waals surface area contributed by atoms with E-state index in [0.29, 0.717) is 26.1 Å². The normalized spacial score (nSPS) is 27.2. The number of ether oxygens (including phenoxy) is 5. The van der Waals surface area contributed by atoms with Crippen molar-refractivity contribution in [3.63, 3.8) is 0 Å². The van der Waals surface area contributed by atoms with E-state index in [1.165, 1.54) is 59.3 Å². The van der Waals surface area contributed by atoms with Gasteiger partial charge in [-0.2, -0.15) is 0 Å². The molecule has 0 fully saturated rings. The summed E-state index contributed by atoms with van der Waals surface area (Å²) >= 11 is 0. The number of carbonyl (C=O) groups is 4. The zero-order chi connectivity index (χ0) is 46.4. The number of phenolic OH excluding ortho intramolecular Hbond substituents is 2. The van der Waals surface area contributed by atoms with Gasteiger partial charge in [0.2, 0.25) is 0 Å². The van der Waals surface area contributed by atoms with Crippen molar-refractivity contribution in [2.45, 2.75) is 113 Å². The number of hydrogen-bond acceptors (Lipinski definition) is 14. The van der Waals surface area contributed by atoms with Crippen molar-refractivity contribution >= 4 is 40.0 Å². The van der Waals surface area contributed by atoms with E-state index >= 15 is 0 Å². The molecule has 2 aromatic carbocycles. The second-order valence-corrected chi connectivity index (χ2v) is 16.3. The second-order valence-electron chi connectivity index (χ2n) is 16.3. The first kappa shape index (κ1) is 49.5. The van der Waals surface area contributed by atoms with Gasteiger partial charge in [-0.05, 0) is 26.3 Å². The number of aliphatic hydroxyl groups excluding tert-OH is 2. The molecule has 3 heterocycles. The lowest BCUT2D eigenvalue weighted by Crippen LogP contribution is -2.48. The molecule has 16 nitrogen and oxygen atoms in total. The number of benzene rings is 2. The number of rotatable bonds is 10. The molecule has 3 aliphatic heterocycles. The van der Waals surface area contributed by atoms with E-state index in [4.69, 9.17) is 23.7 Å². The molecular weight excluding hydrogens is 803 g/mol. The van der Waals surface area contributed by atoms with Crippen molar-refractivity contribution in [2.75, 3.05) is 38.7 Å². The largest absolute Gasteiger partial charge is 0.507 e.